The average Bonchev–Trinajstić information content (AvgIpc) is 2.63. The van der Waals surface area contributed by atoms with Crippen LogP contribution >= 0.6 is 0 Å². The van der Waals surface area contributed by atoms with Gasteiger partial charge in [-0.15, -0.1) is 0 Å². The smallest absolute Gasteiger partial charge is 0.331 e. The number of hydrogen-bond acceptors (Lipinski definition) is 4. The summed E-state index contributed by atoms with van der Waals surface area (Å²) in [5.74, 6) is 0.571. The van der Waals surface area contributed by atoms with E-state index in [1.165, 1.54) is 10.8 Å². The lowest BCUT2D eigenvalue weighted by Gasteiger charge is -2.15. The molecule has 0 radical (unpaired) electrons. The van der Waals surface area contributed by atoms with Gasteiger partial charge in [0.15, 0.2) is 0 Å². The molecule has 3 aromatic rings. The summed E-state index contributed by atoms with van der Waals surface area (Å²) in [5, 5.41) is 1.05. The molecule has 0 aliphatic heterocycles. The monoisotopic (exact) mass is 345 g/mol. The number of methoxy groups -OCH3 is 1. The van der Waals surface area contributed by atoms with Crippen molar-refractivity contribution >= 4 is 21.8 Å². The number of halogens is 1. The number of aryl methyl sites for hydroxylation is 1. The van der Waals surface area contributed by atoms with E-state index in [0.717, 1.165) is 0 Å². The standard InChI is InChI=1S/C18H20FN3O3/c1-3-21-17(23)13-11-20-15-12(7-6-8-14(15)25-2)16(13)22(18(21)24)10-5-4-9-19/h6-8,11H,3-5,9-10H2,1-2H3. The summed E-state index contributed by atoms with van der Waals surface area (Å²) >= 11 is 0. The van der Waals surface area contributed by atoms with Crippen molar-refractivity contribution in [3.05, 3.63) is 45.2 Å². The van der Waals surface area contributed by atoms with Gasteiger partial charge in [0, 0.05) is 24.7 Å². The van der Waals surface area contributed by atoms with E-state index in [-0.39, 0.29) is 17.8 Å². The molecule has 0 spiro atoms. The molecule has 0 aliphatic carbocycles. The number of alkyl halides is 1. The third kappa shape index (κ3) is 2.79. The van der Waals surface area contributed by atoms with Gasteiger partial charge in [-0.05, 0) is 25.8 Å². The zero-order chi connectivity index (χ0) is 18.0. The summed E-state index contributed by atoms with van der Waals surface area (Å²) in [5.41, 5.74) is 0.378. The van der Waals surface area contributed by atoms with Crippen LogP contribution in [0.25, 0.3) is 21.8 Å². The molecule has 3 rings (SSSR count). The largest absolute Gasteiger partial charge is 0.494 e. The molecule has 0 N–H and O–H groups in total. The SMILES string of the molecule is CCn1c(=O)c2cnc3c(OC)cccc3c2n(CCCCF)c1=O. The van der Waals surface area contributed by atoms with E-state index in [0.29, 0.717) is 46.9 Å². The zero-order valence-corrected chi connectivity index (χ0v) is 14.3. The van der Waals surface area contributed by atoms with E-state index in [1.807, 2.05) is 6.07 Å². The Morgan fingerprint density at radius 3 is 2.64 bits per heavy atom. The molecule has 0 bridgehead atoms. The maximum Gasteiger partial charge on any atom is 0.331 e. The Kier molecular flexibility index (Phi) is 4.83. The summed E-state index contributed by atoms with van der Waals surface area (Å²) < 4.78 is 20.6. The van der Waals surface area contributed by atoms with Crippen LogP contribution in [0.15, 0.2) is 34.0 Å². The summed E-state index contributed by atoms with van der Waals surface area (Å²) in [7, 11) is 1.55. The quantitative estimate of drug-likeness (QED) is 0.508. The number of fused-ring (bicyclic) bond motifs is 3. The van der Waals surface area contributed by atoms with E-state index >= 15 is 0 Å². The first-order valence-electron chi connectivity index (χ1n) is 8.29. The maximum absolute atomic E-state index is 12.8. The lowest BCUT2D eigenvalue weighted by molar-refractivity contribution is 0.419. The molecular weight excluding hydrogens is 325 g/mol. The molecule has 1 aromatic carbocycles. The van der Waals surface area contributed by atoms with E-state index in [4.69, 9.17) is 4.74 Å². The van der Waals surface area contributed by atoms with Gasteiger partial charge in [0.2, 0.25) is 0 Å². The fourth-order valence-corrected chi connectivity index (χ4v) is 3.12. The molecule has 2 aromatic heterocycles. The van der Waals surface area contributed by atoms with Crippen molar-refractivity contribution in [2.24, 2.45) is 0 Å². The Hall–Kier alpha value is -2.70. The summed E-state index contributed by atoms with van der Waals surface area (Å²) in [6, 6.07) is 5.39. The molecular formula is C18H20FN3O3. The minimum absolute atomic E-state index is 0.271. The number of nitrogens with zero attached hydrogens (tertiary/aromatic N) is 3. The van der Waals surface area contributed by atoms with Crippen molar-refractivity contribution in [3.8, 4) is 5.75 Å². The molecule has 132 valence electrons. The van der Waals surface area contributed by atoms with Gasteiger partial charge in [0.25, 0.3) is 5.56 Å². The van der Waals surface area contributed by atoms with Crippen molar-refractivity contribution < 1.29 is 9.13 Å². The highest BCUT2D eigenvalue weighted by Gasteiger charge is 2.16. The second-order valence-electron chi connectivity index (χ2n) is 5.76. The predicted molar refractivity (Wildman–Crippen MR) is 95.2 cm³/mol. The number of hydrogen-bond donors (Lipinski definition) is 0. The van der Waals surface area contributed by atoms with Gasteiger partial charge < -0.3 is 4.74 Å². The first kappa shape index (κ1) is 17.1. The van der Waals surface area contributed by atoms with E-state index in [1.54, 1.807) is 30.7 Å². The van der Waals surface area contributed by atoms with Crippen LogP contribution in [0.1, 0.15) is 19.8 Å². The number of benzene rings is 1. The number of ether oxygens (including phenoxy) is 1. The van der Waals surface area contributed by atoms with Crippen LogP contribution in [0, 0.1) is 0 Å². The van der Waals surface area contributed by atoms with Crippen LogP contribution < -0.4 is 16.0 Å². The van der Waals surface area contributed by atoms with Crippen LogP contribution in [0.4, 0.5) is 4.39 Å². The van der Waals surface area contributed by atoms with E-state index < -0.39 is 6.67 Å². The lowest BCUT2D eigenvalue weighted by atomic mass is 10.1. The lowest BCUT2D eigenvalue weighted by Crippen LogP contribution is -2.39. The Labute approximate surface area is 143 Å². The molecule has 25 heavy (non-hydrogen) atoms. The fraction of sp³-hybridized carbons (Fsp3) is 0.389. The summed E-state index contributed by atoms with van der Waals surface area (Å²) in [4.78, 5) is 29.9. The van der Waals surface area contributed by atoms with Crippen molar-refractivity contribution in [2.75, 3.05) is 13.8 Å². The zero-order valence-electron chi connectivity index (χ0n) is 14.3. The van der Waals surface area contributed by atoms with Crippen LogP contribution in [0.3, 0.4) is 0 Å². The number of rotatable bonds is 6. The van der Waals surface area contributed by atoms with Gasteiger partial charge in [-0.3, -0.25) is 23.3 Å². The Morgan fingerprint density at radius 2 is 1.96 bits per heavy atom. The molecule has 0 saturated heterocycles. The Bertz CT molecular complexity index is 1040. The highest BCUT2D eigenvalue weighted by molar-refractivity contribution is 6.04. The number of para-hydroxylation sites is 1. The molecule has 6 nitrogen and oxygen atoms in total. The van der Waals surface area contributed by atoms with Gasteiger partial charge in [-0.25, -0.2) is 4.79 Å². The van der Waals surface area contributed by atoms with Crippen LogP contribution in [0.5, 0.6) is 5.75 Å². The van der Waals surface area contributed by atoms with Crippen molar-refractivity contribution in [1.29, 1.82) is 0 Å². The summed E-state index contributed by atoms with van der Waals surface area (Å²) in [6.45, 7) is 1.93. The van der Waals surface area contributed by atoms with Gasteiger partial charge >= 0.3 is 5.69 Å². The van der Waals surface area contributed by atoms with Gasteiger partial charge in [0.05, 0.1) is 24.7 Å². The number of pyridine rings is 1. The highest BCUT2D eigenvalue weighted by Crippen LogP contribution is 2.28. The van der Waals surface area contributed by atoms with Crippen molar-refractivity contribution in [3.63, 3.8) is 0 Å². The van der Waals surface area contributed by atoms with Gasteiger partial charge in [-0.1, -0.05) is 12.1 Å². The minimum atomic E-state index is -0.434. The normalized spacial score (nSPS) is 11.3. The molecule has 0 fully saturated rings. The number of unbranched alkanes of at least 4 members (excludes halogenated alkanes) is 1. The van der Waals surface area contributed by atoms with Gasteiger partial charge in [0.1, 0.15) is 11.3 Å². The average molecular weight is 345 g/mol. The van der Waals surface area contributed by atoms with E-state index in [9.17, 15) is 14.0 Å². The third-order valence-electron chi connectivity index (χ3n) is 4.34. The molecule has 0 saturated carbocycles. The van der Waals surface area contributed by atoms with Gasteiger partial charge in [-0.2, -0.15) is 0 Å². The Morgan fingerprint density at radius 1 is 1.16 bits per heavy atom. The minimum Gasteiger partial charge on any atom is -0.494 e. The molecule has 0 amide bonds. The predicted octanol–water partition coefficient (Wildman–Crippen LogP) is 2.49. The van der Waals surface area contributed by atoms with Crippen LogP contribution in [-0.2, 0) is 13.1 Å². The molecule has 2 heterocycles. The van der Waals surface area contributed by atoms with Crippen LogP contribution in [-0.4, -0.2) is 27.9 Å². The molecule has 0 atom stereocenters. The van der Waals surface area contributed by atoms with Crippen molar-refractivity contribution in [1.82, 2.24) is 14.1 Å². The van der Waals surface area contributed by atoms with Crippen LogP contribution in [0.2, 0.25) is 0 Å². The van der Waals surface area contributed by atoms with E-state index in [2.05, 4.69) is 4.98 Å². The van der Waals surface area contributed by atoms with Crippen molar-refractivity contribution in [2.45, 2.75) is 32.9 Å². The maximum atomic E-state index is 12.8. The second kappa shape index (κ2) is 7.04. The highest BCUT2D eigenvalue weighted by atomic mass is 19.1. The first-order chi connectivity index (χ1) is 12.1. The second-order valence-corrected chi connectivity index (χ2v) is 5.76. The molecule has 7 heteroatoms. The summed E-state index contributed by atoms with van der Waals surface area (Å²) in [6.07, 6.45) is 2.37. The molecule has 0 unspecified atom stereocenters. The fourth-order valence-electron chi connectivity index (χ4n) is 3.12. The number of aromatic nitrogens is 3. The topological polar surface area (TPSA) is 66.1 Å². The first-order valence-corrected chi connectivity index (χ1v) is 8.29. The third-order valence-corrected chi connectivity index (χ3v) is 4.34. The Balaban J connectivity index is 2.45. The molecule has 0 aliphatic rings.